The average Bonchev–Trinajstić information content (AvgIpc) is 2.96. The van der Waals surface area contributed by atoms with E-state index in [-0.39, 0.29) is 17.7 Å². The third kappa shape index (κ3) is 5.34. The van der Waals surface area contributed by atoms with Gasteiger partial charge in [-0.25, -0.2) is 13.8 Å². The van der Waals surface area contributed by atoms with Crippen LogP contribution in [-0.4, -0.2) is 26.9 Å². The van der Waals surface area contributed by atoms with E-state index in [1.165, 1.54) is 47.0 Å². The van der Waals surface area contributed by atoms with Crippen molar-refractivity contribution in [3.63, 3.8) is 0 Å². The molecule has 0 spiro atoms. The van der Waals surface area contributed by atoms with Gasteiger partial charge in [0, 0.05) is 6.54 Å². The highest BCUT2D eigenvalue weighted by Crippen LogP contribution is 2.28. The lowest BCUT2D eigenvalue weighted by atomic mass is 10.1. The fourth-order valence-corrected chi connectivity index (χ4v) is 4.84. The standard InChI is InChI=1S/C32H27F2N3O2/c1-2-29(36(21-20-22-10-4-3-5-11-22)31(38)25-12-6-8-14-27(25)34)30-35-28-15-9-7-13-26(28)32(39)37(30)24-18-16-23(33)17-19-24/h3-19,29H,2,20-21H2,1H3. The van der Waals surface area contributed by atoms with E-state index in [9.17, 15) is 18.4 Å². The number of rotatable bonds is 8. The Hall–Kier alpha value is -4.65. The molecule has 1 atom stereocenters. The minimum Gasteiger partial charge on any atom is -0.328 e. The summed E-state index contributed by atoms with van der Waals surface area (Å²) in [4.78, 5) is 34.2. The fourth-order valence-electron chi connectivity index (χ4n) is 4.84. The van der Waals surface area contributed by atoms with Crippen molar-refractivity contribution in [1.29, 1.82) is 0 Å². The second kappa shape index (κ2) is 11.4. The summed E-state index contributed by atoms with van der Waals surface area (Å²) in [5.41, 5.74) is 1.54. The van der Waals surface area contributed by atoms with Crippen LogP contribution in [0.4, 0.5) is 8.78 Å². The highest BCUT2D eigenvalue weighted by molar-refractivity contribution is 5.94. The minimum absolute atomic E-state index is 0.0551. The van der Waals surface area contributed by atoms with Crippen LogP contribution in [0.1, 0.15) is 41.1 Å². The Morgan fingerprint density at radius 1 is 0.872 bits per heavy atom. The number of carbonyl (C=O) groups excluding carboxylic acids is 1. The first-order valence-electron chi connectivity index (χ1n) is 12.8. The van der Waals surface area contributed by atoms with Crippen molar-refractivity contribution in [2.24, 2.45) is 0 Å². The number of aromatic nitrogens is 2. The summed E-state index contributed by atoms with van der Waals surface area (Å²) in [5, 5.41) is 0.400. The first-order valence-corrected chi connectivity index (χ1v) is 12.8. The maximum Gasteiger partial charge on any atom is 0.266 e. The van der Waals surface area contributed by atoms with Gasteiger partial charge in [0.2, 0.25) is 0 Å². The van der Waals surface area contributed by atoms with Crippen LogP contribution in [0.15, 0.2) is 108 Å². The molecule has 1 unspecified atom stereocenters. The monoisotopic (exact) mass is 523 g/mol. The first kappa shape index (κ1) is 26.0. The van der Waals surface area contributed by atoms with Gasteiger partial charge in [-0.15, -0.1) is 0 Å². The highest BCUT2D eigenvalue weighted by atomic mass is 19.1. The van der Waals surface area contributed by atoms with Crippen LogP contribution < -0.4 is 5.56 Å². The Kier molecular flexibility index (Phi) is 7.59. The lowest BCUT2D eigenvalue weighted by Crippen LogP contribution is -2.40. The van der Waals surface area contributed by atoms with Gasteiger partial charge in [0.15, 0.2) is 0 Å². The molecular weight excluding hydrogens is 496 g/mol. The number of hydrogen-bond acceptors (Lipinski definition) is 3. The number of carbonyl (C=O) groups is 1. The third-order valence-corrected chi connectivity index (χ3v) is 6.80. The topological polar surface area (TPSA) is 55.2 Å². The van der Waals surface area contributed by atoms with Gasteiger partial charge in [-0.1, -0.05) is 61.5 Å². The van der Waals surface area contributed by atoms with Gasteiger partial charge in [0.25, 0.3) is 11.5 Å². The molecule has 0 aliphatic carbocycles. The zero-order valence-corrected chi connectivity index (χ0v) is 21.4. The highest BCUT2D eigenvalue weighted by Gasteiger charge is 2.30. The molecule has 0 bridgehead atoms. The van der Waals surface area contributed by atoms with Gasteiger partial charge in [-0.05, 0) is 66.9 Å². The lowest BCUT2D eigenvalue weighted by molar-refractivity contribution is 0.0657. The molecule has 0 saturated heterocycles. The Balaban J connectivity index is 1.69. The first-order chi connectivity index (χ1) is 19.0. The van der Waals surface area contributed by atoms with Crippen molar-refractivity contribution in [2.45, 2.75) is 25.8 Å². The Morgan fingerprint density at radius 3 is 2.26 bits per heavy atom. The van der Waals surface area contributed by atoms with Crippen molar-refractivity contribution in [1.82, 2.24) is 14.5 Å². The quantitative estimate of drug-likeness (QED) is 0.233. The second-order valence-electron chi connectivity index (χ2n) is 9.24. The average molecular weight is 524 g/mol. The van der Waals surface area contributed by atoms with E-state index < -0.39 is 23.6 Å². The van der Waals surface area contributed by atoms with Crippen molar-refractivity contribution in [3.8, 4) is 5.69 Å². The normalized spacial score (nSPS) is 11.9. The summed E-state index contributed by atoms with van der Waals surface area (Å²) >= 11 is 0. The maximum absolute atomic E-state index is 14.8. The van der Waals surface area contributed by atoms with Crippen LogP contribution >= 0.6 is 0 Å². The minimum atomic E-state index is -0.678. The zero-order chi connectivity index (χ0) is 27.4. The van der Waals surface area contributed by atoms with E-state index >= 15 is 0 Å². The molecular formula is C32H27F2N3O2. The van der Waals surface area contributed by atoms with E-state index in [1.807, 2.05) is 37.3 Å². The molecule has 0 fully saturated rings. The third-order valence-electron chi connectivity index (χ3n) is 6.80. The van der Waals surface area contributed by atoms with Crippen molar-refractivity contribution >= 4 is 16.8 Å². The number of para-hydroxylation sites is 1. The Bertz CT molecular complexity index is 1670. The van der Waals surface area contributed by atoms with E-state index in [4.69, 9.17) is 4.98 Å². The van der Waals surface area contributed by atoms with E-state index in [0.29, 0.717) is 35.3 Å². The number of benzene rings is 4. The number of fused-ring (bicyclic) bond motifs is 1. The summed E-state index contributed by atoms with van der Waals surface area (Å²) in [7, 11) is 0. The van der Waals surface area contributed by atoms with E-state index in [1.54, 1.807) is 35.2 Å². The predicted molar refractivity (Wildman–Crippen MR) is 148 cm³/mol. The summed E-state index contributed by atoms with van der Waals surface area (Å²) in [5.74, 6) is -1.23. The lowest BCUT2D eigenvalue weighted by Gasteiger charge is -2.32. The molecule has 196 valence electrons. The van der Waals surface area contributed by atoms with Crippen LogP contribution in [0.25, 0.3) is 16.6 Å². The molecule has 0 aliphatic rings. The van der Waals surface area contributed by atoms with Crippen LogP contribution in [0.3, 0.4) is 0 Å². The molecule has 0 aliphatic heterocycles. The van der Waals surface area contributed by atoms with Crippen molar-refractivity contribution in [2.75, 3.05) is 6.54 Å². The Morgan fingerprint density at radius 2 is 1.54 bits per heavy atom. The molecule has 0 saturated carbocycles. The summed E-state index contributed by atoms with van der Waals surface area (Å²) in [6.45, 7) is 2.16. The molecule has 7 heteroatoms. The predicted octanol–water partition coefficient (Wildman–Crippen LogP) is 6.50. The van der Waals surface area contributed by atoms with Gasteiger partial charge in [0.05, 0.1) is 28.2 Å². The summed E-state index contributed by atoms with van der Waals surface area (Å²) < 4.78 is 30.1. The number of halogens is 2. The van der Waals surface area contributed by atoms with Crippen LogP contribution in [0.5, 0.6) is 0 Å². The molecule has 5 aromatic rings. The van der Waals surface area contributed by atoms with Crippen LogP contribution in [-0.2, 0) is 6.42 Å². The number of hydrogen-bond donors (Lipinski definition) is 0. The van der Waals surface area contributed by atoms with Crippen molar-refractivity contribution < 1.29 is 13.6 Å². The number of amides is 1. The summed E-state index contributed by atoms with van der Waals surface area (Å²) in [6.07, 6.45) is 0.923. The van der Waals surface area contributed by atoms with Gasteiger partial charge in [-0.2, -0.15) is 0 Å². The van der Waals surface area contributed by atoms with Crippen molar-refractivity contribution in [3.05, 3.63) is 142 Å². The molecule has 4 aromatic carbocycles. The SMILES string of the molecule is CCC(c1nc2ccccc2c(=O)n1-c1ccc(F)cc1)N(CCc1ccccc1)C(=O)c1ccccc1F. The van der Waals surface area contributed by atoms with Gasteiger partial charge >= 0.3 is 0 Å². The summed E-state index contributed by atoms with van der Waals surface area (Å²) in [6, 6.07) is 27.4. The fraction of sp³-hybridized carbons (Fsp3) is 0.156. The maximum atomic E-state index is 14.8. The van der Waals surface area contributed by atoms with Gasteiger partial charge < -0.3 is 4.90 Å². The Labute approximate surface area is 225 Å². The van der Waals surface area contributed by atoms with E-state index in [0.717, 1.165) is 5.56 Å². The molecule has 1 aromatic heterocycles. The van der Waals surface area contributed by atoms with E-state index in [2.05, 4.69) is 0 Å². The molecule has 0 radical (unpaired) electrons. The number of nitrogens with zero attached hydrogens (tertiary/aromatic N) is 3. The molecule has 5 nitrogen and oxygen atoms in total. The zero-order valence-electron chi connectivity index (χ0n) is 21.4. The molecule has 0 N–H and O–H groups in total. The molecule has 1 amide bonds. The molecule has 1 heterocycles. The molecule has 39 heavy (non-hydrogen) atoms. The van der Waals surface area contributed by atoms with Gasteiger partial charge in [-0.3, -0.25) is 14.2 Å². The molecule has 5 rings (SSSR count). The largest absolute Gasteiger partial charge is 0.328 e. The van der Waals surface area contributed by atoms with Crippen LogP contribution in [0.2, 0.25) is 0 Å². The van der Waals surface area contributed by atoms with Crippen LogP contribution in [0, 0.1) is 11.6 Å². The van der Waals surface area contributed by atoms with Gasteiger partial charge in [0.1, 0.15) is 17.5 Å². The second-order valence-corrected chi connectivity index (χ2v) is 9.24. The smallest absolute Gasteiger partial charge is 0.266 e.